The smallest absolute Gasteiger partial charge is 0.160 e. The topological polar surface area (TPSA) is 63.3 Å². The minimum absolute atomic E-state index is 0.162. The molecule has 3 aromatic heterocycles. The van der Waals surface area contributed by atoms with E-state index in [0.717, 1.165) is 11.2 Å². The predicted octanol–water partition coefficient (Wildman–Crippen LogP) is 1.50. The number of aromatic hydroxyl groups is 1. The van der Waals surface area contributed by atoms with Gasteiger partial charge in [0.25, 0.3) is 0 Å². The highest BCUT2D eigenvalue weighted by molar-refractivity contribution is 5.66. The van der Waals surface area contributed by atoms with Crippen molar-refractivity contribution in [1.82, 2.24) is 19.6 Å². The molecule has 5 heteroatoms. The van der Waals surface area contributed by atoms with Gasteiger partial charge in [0.2, 0.25) is 0 Å². The van der Waals surface area contributed by atoms with E-state index in [2.05, 4.69) is 15.2 Å². The Kier molecular flexibility index (Phi) is 1.83. The molecule has 0 unspecified atom stereocenters. The third-order valence-corrected chi connectivity index (χ3v) is 2.35. The first-order valence-electron chi connectivity index (χ1n) is 4.78. The van der Waals surface area contributed by atoms with Crippen LogP contribution < -0.4 is 0 Å². The van der Waals surface area contributed by atoms with Crippen molar-refractivity contribution in [2.24, 2.45) is 0 Å². The zero-order valence-corrected chi connectivity index (χ0v) is 8.28. The second-order valence-electron chi connectivity index (χ2n) is 3.39. The fraction of sp³-hybridized carbons (Fsp3) is 0. The first-order chi connectivity index (χ1) is 7.84. The van der Waals surface area contributed by atoms with Crippen molar-refractivity contribution in [2.75, 3.05) is 0 Å². The molecule has 5 nitrogen and oxygen atoms in total. The van der Waals surface area contributed by atoms with Crippen molar-refractivity contribution in [3.8, 4) is 17.0 Å². The summed E-state index contributed by atoms with van der Waals surface area (Å²) < 4.78 is 1.78. The molecule has 0 spiro atoms. The lowest BCUT2D eigenvalue weighted by Gasteiger charge is -2.03. The van der Waals surface area contributed by atoms with Gasteiger partial charge in [0.1, 0.15) is 17.8 Å². The van der Waals surface area contributed by atoms with Gasteiger partial charge < -0.3 is 5.11 Å². The molecular weight excluding hydrogens is 204 g/mol. The normalized spacial score (nSPS) is 10.8. The van der Waals surface area contributed by atoms with E-state index >= 15 is 0 Å². The zero-order chi connectivity index (χ0) is 11.0. The molecule has 3 aromatic rings. The highest BCUT2D eigenvalue weighted by atomic mass is 16.3. The number of rotatable bonds is 1. The van der Waals surface area contributed by atoms with Crippen LogP contribution in [-0.4, -0.2) is 24.7 Å². The van der Waals surface area contributed by atoms with Gasteiger partial charge in [-0.25, -0.2) is 0 Å². The third kappa shape index (κ3) is 1.30. The summed E-state index contributed by atoms with van der Waals surface area (Å²) in [5.74, 6) is 0.162. The lowest BCUT2D eigenvalue weighted by Crippen LogP contribution is -1.88. The molecule has 0 aliphatic heterocycles. The average Bonchev–Trinajstić information content (AvgIpc) is 2.76. The summed E-state index contributed by atoms with van der Waals surface area (Å²) in [4.78, 5) is 4.14. The maximum absolute atomic E-state index is 9.68. The van der Waals surface area contributed by atoms with Crippen LogP contribution in [0.4, 0.5) is 0 Å². The molecule has 0 fully saturated rings. The third-order valence-electron chi connectivity index (χ3n) is 2.35. The lowest BCUT2D eigenvalue weighted by molar-refractivity contribution is 0.475. The van der Waals surface area contributed by atoms with Crippen LogP contribution in [0.15, 0.2) is 43.0 Å². The monoisotopic (exact) mass is 212 g/mol. The van der Waals surface area contributed by atoms with Crippen molar-refractivity contribution in [2.45, 2.75) is 0 Å². The number of hydrogen-bond donors (Lipinski definition) is 1. The molecule has 1 N–H and O–H groups in total. The van der Waals surface area contributed by atoms with Crippen molar-refractivity contribution >= 4 is 5.65 Å². The van der Waals surface area contributed by atoms with Crippen molar-refractivity contribution in [3.63, 3.8) is 0 Å². The van der Waals surface area contributed by atoms with E-state index in [1.54, 1.807) is 29.1 Å². The molecule has 0 radical (unpaired) electrons. The van der Waals surface area contributed by atoms with E-state index in [1.807, 2.05) is 18.3 Å². The maximum Gasteiger partial charge on any atom is 0.160 e. The van der Waals surface area contributed by atoms with Gasteiger partial charge in [0.05, 0.1) is 0 Å². The Balaban J connectivity index is 2.22. The molecule has 0 saturated carbocycles. The van der Waals surface area contributed by atoms with E-state index in [4.69, 9.17) is 0 Å². The van der Waals surface area contributed by atoms with E-state index in [-0.39, 0.29) is 5.75 Å². The molecule has 0 bridgehead atoms. The van der Waals surface area contributed by atoms with Crippen LogP contribution in [-0.2, 0) is 0 Å². The molecule has 0 aliphatic carbocycles. The minimum atomic E-state index is 0.162. The van der Waals surface area contributed by atoms with Gasteiger partial charge in [-0.15, -0.1) is 10.2 Å². The molecule has 3 heterocycles. The van der Waals surface area contributed by atoms with Gasteiger partial charge in [-0.1, -0.05) is 0 Å². The molecule has 78 valence electrons. The Labute approximate surface area is 91.0 Å². The summed E-state index contributed by atoms with van der Waals surface area (Å²) in [6.45, 7) is 0. The van der Waals surface area contributed by atoms with E-state index < -0.39 is 0 Å². The Morgan fingerprint density at radius 3 is 3.00 bits per heavy atom. The number of aromatic nitrogens is 4. The van der Waals surface area contributed by atoms with Gasteiger partial charge in [-0.2, -0.15) is 0 Å². The summed E-state index contributed by atoms with van der Waals surface area (Å²) in [5.41, 5.74) is 2.14. The maximum atomic E-state index is 9.68. The van der Waals surface area contributed by atoms with E-state index in [1.165, 1.54) is 0 Å². The standard InChI is InChI=1S/C11H8N4O/c16-9-2-1-5-12-11(9)8-3-4-10-14-13-7-15(10)6-8/h1-7,16H. The largest absolute Gasteiger partial charge is 0.506 e. The summed E-state index contributed by atoms with van der Waals surface area (Å²) in [5, 5.41) is 17.4. The Hall–Kier alpha value is -2.43. The van der Waals surface area contributed by atoms with Crippen molar-refractivity contribution in [1.29, 1.82) is 0 Å². The highest BCUT2D eigenvalue weighted by Crippen LogP contribution is 2.25. The molecule has 3 rings (SSSR count). The van der Waals surface area contributed by atoms with Crippen LogP contribution in [0.1, 0.15) is 0 Å². The summed E-state index contributed by atoms with van der Waals surface area (Å²) in [7, 11) is 0. The summed E-state index contributed by atoms with van der Waals surface area (Å²) in [6.07, 6.45) is 5.08. The van der Waals surface area contributed by atoms with Crippen LogP contribution in [0.2, 0.25) is 0 Å². The zero-order valence-electron chi connectivity index (χ0n) is 8.28. The van der Waals surface area contributed by atoms with Gasteiger partial charge in [-0.3, -0.25) is 9.38 Å². The van der Waals surface area contributed by atoms with Crippen LogP contribution in [0.3, 0.4) is 0 Å². The van der Waals surface area contributed by atoms with Gasteiger partial charge in [-0.05, 0) is 24.3 Å². The van der Waals surface area contributed by atoms with Crippen LogP contribution in [0.5, 0.6) is 5.75 Å². The van der Waals surface area contributed by atoms with Crippen molar-refractivity contribution in [3.05, 3.63) is 43.0 Å². The molecule has 16 heavy (non-hydrogen) atoms. The first-order valence-corrected chi connectivity index (χ1v) is 4.78. The van der Waals surface area contributed by atoms with Crippen LogP contribution >= 0.6 is 0 Å². The SMILES string of the molecule is Oc1cccnc1-c1ccc2nncn2c1. The molecule has 0 atom stereocenters. The summed E-state index contributed by atoms with van der Waals surface area (Å²) in [6, 6.07) is 6.98. The number of nitrogens with zero attached hydrogens (tertiary/aromatic N) is 4. The highest BCUT2D eigenvalue weighted by Gasteiger charge is 2.05. The number of pyridine rings is 2. The Bertz CT molecular complexity index is 647. The van der Waals surface area contributed by atoms with Gasteiger partial charge >= 0.3 is 0 Å². The number of hydrogen-bond acceptors (Lipinski definition) is 4. The molecule has 0 aromatic carbocycles. The first kappa shape index (κ1) is 8.84. The Morgan fingerprint density at radius 2 is 2.12 bits per heavy atom. The second kappa shape index (κ2) is 3.30. The van der Waals surface area contributed by atoms with Crippen LogP contribution in [0, 0.1) is 0 Å². The van der Waals surface area contributed by atoms with E-state index in [9.17, 15) is 5.11 Å². The molecule has 0 saturated heterocycles. The quantitative estimate of drug-likeness (QED) is 0.663. The summed E-state index contributed by atoms with van der Waals surface area (Å²) >= 11 is 0. The minimum Gasteiger partial charge on any atom is -0.506 e. The second-order valence-corrected chi connectivity index (χ2v) is 3.39. The van der Waals surface area contributed by atoms with Crippen LogP contribution in [0.25, 0.3) is 16.9 Å². The Morgan fingerprint density at radius 1 is 1.19 bits per heavy atom. The predicted molar refractivity (Wildman–Crippen MR) is 57.9 cm³/mol. The molecule has 0 amide bonds. The lowest BCUT2D eigenvalue weighted by atomic mass is 10.2. The fourth-order valence-electron chi connectivity index (χ4n) is 1.59. The average molecular weight is 212 g/mol. The number of fused-ring (bicyclic) bond motifs is 1. The van der Waals surface area contributed by atoms with E-state index in [0.29, 0.717) is 5.69 Å². The van der Waals surface area contributed by atoms with Crippen molar-refractivity contribution < 1.29 is 5.11 Å². The molecular formula is C11H8N4O. The molecule has 0 aliphatic rings. The fourth-order valence-corrected chi connectivity index (χ4v) is 1.59. The van der Waals surface area contributed by atoms with Gasteiger partial charge in [0, 0.05) is 18.0 Å². The van der Waals surface area contributed by atoms with Gasteiger partial charge in [0.15, 0.2) is 5.65 Å².